The molecule has 0 unspecified atom stereocenters. The van der Waals surface area contributed by atoms with Crippen LogP contribution >= 0.6 is 0 Å². The van der Waals surface area contributed by atoms with Gasteiger partial charge in [0.25, 0.3) is 0 Å². The Morgan fingerprint density at radius 2 is 1.68 bits per heavy atom. The first-order chi connectivity index (χ1) is 14.7. The van der Waals surface area contributed by atoms with Crippen LogP contribution in [0.4, 0.5) is 0 Å². The molecule has 1 heterocycles. The third kappa shape index (κ3) is 4.75. The summed E-state index contributed by atoms with van der Waals surface area (Å²) in [6.07, 6.45) is 4.41. The van der Waals surface area contributed by atoms with Crippen molar-refractivity contribution in [2.24, 2.45) is 0 Å². The molecular weight excluding hydrogens is 416 g/mol. The van der Waals surface area contributed by atoms with Gasteiger partial charge in [0.2, 0.25) is 10.0 Å². The maximum atomic E-state index is 13.5. The van der Waals surface area contributed by atoms with Crippen LogP contribution in [0, 0.1) is 20.8 Å². The predicted molar refractivity (Wildman–Crippen MR) is 118 cm³/mol. The highest BCUT2D eigenvalue weighted by atomic mass is 32.2. The number of carbonyl (C=O) groups is 2. The molecule has 1 N–H and O–H groups in total. The molecule has 3 rings (SSSR count). The number of aromatic nitrogens is 1. The average Bonchev–Trinajstić information content (AvgIpc) is 3.06. The van der Waals surface area contributed by atoms with Gasteiger partial charge >= 0.3 is 5.97 Å². The standard InChI is InChI=1S/C23H30N2O5S/c1-15-10-12-19(13-11-15)31(28,29)25(18-8-6-5-7-9-18)14-20(26)21-16(2)22(23(27)30-4)24-17(21)3/h10-13,18,24H,5-9,14H2,1-4H3. The lowest BCUT2D eigenvalue weighted by atomic mass is 9.95. The van der Waals surface area contributed by atoms with Crippen LogP contribution in [-0.2, 0) is 14.8 Å². The lowest BCUT2D eigenvalue weighted by Gasteiger charge is -2.33. The first kappa shape index (κ1) is 23.2. The van der Waals surface area contributed by atoms with Crippen LogP contribution in [0.25, 0.3) is 0 Å². The molecule has 31 heavy (non-hydrogen) atoms. The molecule has 1 aliphatic carbocycles. The Kier molecular flexibility index (Phi) is 7.01. The first-order valence-corrected chi connectivity index (χ1v) is 12.0. The number of sulfonamides is 1. The van der Waals surface area contributed by atoms with Crippen LogP contribution in [0.5, 0.6) is 0 Å². The molecule has 0 aliphatic heterocycles. The van der Waals surface area contributed by atoms with E-state index < -0.39 is 16.0 Å². The van der Waals surface area contributed by atoms with E-state index in [0.717, 1.165) is 37.7 Å². The van der Waals surface area contributed by atoms with Gasteiger partial charge in [-0.25, -0.2) is 13.2 Å². The third-order valence-electron chi connectivity index (χ3n) is 6.01. The average molecular weight is 447 g/mol. The Bertz CT molecular complexity index is 1060. The second kappa shape index (κ2) is 9.36. The zero-order valence-corrected chi connectivity index (χ0v) is 19.3. The van der Waals surface area contributed by atoms with Crippen molar-refractivity contribution >= 4 is 21.8 Å². The fourth-order valence-electron chi connectivity index (χ4n) is 4.32. The van der Waals surface area contributed by atoms with Crippen molar-refractivity contribution in [2.45, 2.75) is 63.8 Å². The van der Waals surface area contributed by atoms with Crippen molar-refractivity contribution in [3.63, 3.8) is 0 Å². The van der Waals surface area contributed by atoms with E-state index in [-0.39, 0.29) is 29.0 Å². The lowest BCUT2D eigenvalue weighted by Crippen LogP contribution is -2.44. The fraction of sp³-hybridized carbons (Fsp3) is 0.478. The van der Waals surface area contributed by atoms with Crippen molar-refractivity contribution in [1.82, 2.24) is 9.29 Å². The molecule has 0 bridgehead atoms. The van der Waals surface area contributed by atoms with Crippen LogP contribution in [0.2, 0.25) is 0 Å². The molecule has 1 aliphatic rings. The van der Waals surface area contributed by atoms with Gasteiger partial charge in [-0.15, -0.1) is 0 Å². The minimum atomic E-state index is -3.85. The smallest absolute Gasteiger partial charge is 0.354 e. The van der Waals surface area contributed by atoms with E-state index in [1.54, 1.807) is 38.1 Å². The number of esters is 1. The summed E-state index contributed by atoms with van der Waals surface area (Å²) >= 11 is 0. The molecule has 7 nitrogen and oxygen atoms in total. The van der Waals surface area contributed by atoms with E-state index in [4.69, 9.17) is 4.74 Å². The van der Waals surface area contributed by atoms with Gasteiger partial charge in [-0.3, -0.25) is 4.79 Å². The first-order valence-electron chi connectivity index (χ1n) is 10.6. The van der Waals surface area contributed by atoms with Crippen molar-refractivity contribution in [1.29, 1.82) is 0 Å². The molecule has 1 saturated carbocycles. The number of carbonyl (C=O) groups excluding carboxylic acids is 2. The highest BCUT2D eigenvalue weighted by Gasteiger charge is 2.35. The molecule has 1 aromatic carbocycles. The maximum absolute atomic E-state index is 13.5. The number of aryl methyl sites for hydroxylation is 2. The number of ether oxygens (including phenoxy) is 1. The highest BCUT2D eigenvalue weighted by molar-refractivity contribution is 7.89. The highest BCUT2D eigenvalue weighted by Crippen LogP contribution is 2.29. The Hall–Kier alpha value is -2.45. The fourth-order valence-corrected chi connectivity index (χ4v) is 5.96. The molecule has 0 saturated heterocycles. The summed E-state index contributed by atoms with van der Waals surface area (Å²) in [6.45, 7) is 5.00. The number of H-pyrrole nitrogens is 1. The Morgan fingerprint density at radius 3 is 2.26 bits per heavy atom. The van der Waals surface area contributed by atoms with Gasteiger partial charge in [0.05, 0.1) is 18.6 Å². The number of rotatable bonds is 7. The summed E-state index contributed by atoms with van der Waals surface area (Å²) in [5, 5.41) is 0. The molecule has 1 aromatic heterocycles. The number of hydrogen-bond donors (Lipinski definition) is 1. The minimum Gasteiger partial charge on any atom is -0.464 e. The Balaban J connectivity index is 1.98. The van der Waals surface area contributed by atoms with Crippen LogP contribution in [0.1, 0.15) is 69.8 Å². The largest absolute Gasteiger partial charge is 0.464 e. The third-order valence-corrected chi connectivity index (χ3v) is 7.93. The van der Waals surface area contributed by atoms with Gasteiger partial charge in [0, 0.05) is 17.3 Å². The summed E-state index contributed by atoms with van der Waals surface area (Å²) in [4.78, 5) is 28.4. The molecule has 168 valence electrons. The van der Waals surface area contributed by atoms with E-state index in [9.17, 15) is 18.0 Å². The number of benzene rings is 1. The molecule has 0 amide bonds. The molecular formula is C23H30N2O5S. The van der Waals surface area contributed by atoms with E-state index in [1.807, 2.05) is 6.92 Å². The summed E-state index contributed by atoms with van der Waals surface area (Å²) < 4.78 is 33.2. The second-order valence-electron chi connectivity index (χ2n) is 8.19. The lowest BCUT2D eigenvalue weighted by molar-refractivity contribution is 0.0594. The van der Waals surface area contributed by atoms with Crippen molar-refractivity contribution < 1.29 is 22.7 Å². The van der Waals surface area contributed by atoms with E-state index in [0.29, 0.717) is 16.8 Å². The van der Waals surface area contributed by atoms with Gasteiger partial charge in [-0.05, 0) is 51.3 Å². The summed E-state index contributed by atoms with van der Waals surface area (Å²) in [5.74, 6) is -0.890. The van der Waals surface area contributed by atoms with Crippen LogP contribution < -0.4 is 0 Å². The molecule has 0 radical (unpaired) electrons. The van der Waals surface area contributed by atoms with Gasteiger partial charge in [-0.1, -0.05) is 37.0 Å². The Labute approximate surface area is 183 Å². The minimum absolute atomic E-state index is 0.189. The number of methoxy groups -OCH3 is 1. The molecule has 2 aromatic rings. The quantitative estimate of drug-likeness (QED) is 0.513. The van der Waals surface area contributed by atoms with Crippen LogP contribution in [0.3, 0.4) is 0 Å². The number of ketones is 1. The predicted octanol–water partition coefficient (Wildman–Crippen LogP) is 3.93. The van der Waals surface area contributed by atoms with E-state index in [2.05, 4.69) is 4.98 Å². The van der Waals surface area contributed by atoms with Crippen LogP contribution in [-0.4, -0.2) is 49.2 Å². The zero-order chi connectivity index (χ0) is 22.8. The second-order valence-corrected chi connectivity index (χ2v) is 10.1. The molecule has 0 spiro atoms. The SMILES string of the molecule is COC(=O)c1[nH]c(C)c(C(=O)CN(C2CCCCC2)S(=O)(=O)c2ccc(C)cc2)c1C. The van der Waals surface area contributed by atoms with Crippen molar-refractivity contribution in [3.05, 3.63) is 52.3 Å². The number of nitrogens with one attached hydrogen (secondary N) is 1. The topological polar surface area (TPSA) is 96.5 Å². The number of nitrogens with zero attached hydrogens (tertiary/aromatic N) is 1. The van der Waals surface area contributed by atoms with E-state index >= 15 is 0 Å². The normalized spacial score (nSPS) is 15.3. The summed E-state index contributed by atoms with van der Waals surface area (Å²) in [6, 6.07) is 6.48. The maximum Gasteiger partial charge on any atom is 0.354 e. The Morgan fingerprint density at radius 1 is 1.06 bits per heavy atom. The molecule has 1 fully saturated rings. The number of aromatic amines is 1. The van der Waals surface area contributed by atoms with Gasteiger partial charge in [0.15, 0.2) is 5.78 Å². The monoisotopic (exact) mass is 446 g/mol. The van der Waals surface area contributed by atoms with Gasteiger partial charge in [0.1, 0.15) is 5.69 Å². The number of hydrogen-bond acceptors (Lipinski definition) is 5. The summed E-state index contributed by atoms with van der Waals surface area (Å²) in [7, 11) is -2.57. The number of Topliss-reactive ketones (excluding diaryl/α,β-unsaturated/α-hetero) is 1. The van der Waals surface area contributed by atoms with E-state index in [1.165, 1.54) is 11.4 Å². The van der Waals surface area contributed by atoms with Crippen LogP contribution in [0.15, 0.2) is 29.2 Å². The zero-order valence-electron chi connectivity index (χ0n) is 18.5. The van der Waals surface area contributed by atoms with Crippen molar-refractivity contribution in [3.8, 4) is 0 Å². The van der Waals surface area contributed by atoms with Gasteiger partial charge in [-0.2, -0.15) is 4.31 Å². The summed E-state index contributed by atoms with van der Waals surface area (Å²) in [5.41, 5.74) is 2.53. The molecule has 8 heteroatoms. The molecule has 0 atom stereocenters. The van der Waals surface area contributed by atoms with Gasteiger partial charge < -0.3 is 9.72 Å². The van der Waals surface area contributed by atoms with Crippen molar-refractivity contribution in [2.75, 3.05) is 13.7 Å².